The average Bonchev–Trinajstić information content (AvgIpc) is 2.93. The van der Waals surface area contributed by atoms with Gasteiger partial charge in [0.05, 0.1) is 6.04 Å². The second-order valence-electron chi connectivity index (χ2n) is 5.04. The van der Waals surface area contributed by atoms with Crippen molar-refractivity contribution in [1.29, 1.82) is 0 Å². The highest BCUT2D eigenvalue weighted by Gasteiger charge is 2.31. The van der Waals surface area contributed by atoms with Crippen LogP contribution >= 0.6 is 35.0 Å². The van der Waals surface area contributed by atoms with Crippen LogP contribution in [0.4, 0.5) is 0 Å². The first-order valence-electron chi connectivity index (χ1n) is 7.15. The second kappa shape index (κ2) is 6.95. The first kappa shape index (κ1) is 15.7. The van der Waals surface area contributed by atoms with Crippen molar-refractivity contribution in [2.45, 2.75) is 19.0 Å². The van der Waals surface area contributed by atoms with Gasteiger partial charge in [-0.05, 0) is 41.1 Å². The summed E-state index contributed by atoms with van der Waals surface area (Å²) in [6.45, 7) is 2.13. The van der Waals surface area contributed by atoms with E-state index in [1.165, 1.54) is 5.56 Å². The van der Waals surface area contributed by atoms with Crippen LogP contribution in [0.5, 0.6) is 0 Å². The van der Waals surface area contributed by atoms with Gasteiger partial charge in [0, 0.05) is 10.0 Å². The van der Waals surface area contributed by atoms with Crippen LogP contribution in [0, 0.1) is 0 Å². The van der Waals surface area contributed by atoms with E-state index in [4.69, 9.17) is 28.2 Å². The van der Waals surface area contributed by atoms with E-state index in [0.29, 0.717) is 0 Å². The lowest BCUT2D eigenvalue weighted by Gasteiger charge is -2.19. The van der Waals surface area contributed by atoms with E-state index in [1.54, 1.807) is 11.8 Å². The van der Waals surface area contributed by atoms with E-state index in [-0.39, 0.29) is 12.1 Å². The summed E-state index contributed by atoms with van der Waals surface area (Å²) in [5.41, 5.74) is 2.34. The summed E-state index contributed by atoms with van der Waals surface area (Å²) in [6.07, 6.45) is 0. The van der Waals surface area contributed by atoms with Crippen molar-refractivity contribution >= 4 is 40.1 Å². The fourth-order valence-electron chi connectivity index (χ4n) is 2.53. The maximum Gasteiger partial charge on any atom is 0.157 e. The van der Waals surface area contributed by atoms with Crippen LogP contribution < -0.4 is 5.32 Å². The van der Waals surface area contributed by atoms with E-state index < -0.39 is 0 Å². The monoisotopic (exact) mass is 350 g/mol. The standard InChI is InChI=1S/C17H16Cl2N2S/c1-2-22-17-20-15(11-3-7-13(18)8-4-11)16(21-17)12-5-9-14(19)10-6-12/h3-10,15-16H,2H2,1H3,(H,20,21). The maximum absolute atomic E-state index is 6.00. The van der Waals surface area contributed by atoms with Gasteiger partial charge in [-0.3, -0.25) is 4.99 Å². The summed E-state index contributed by atoms with van der Waals surface area (Å²) in [7, 11) is 0. The molecule has 2 aromatic carbocycles. The van der Waals surface area contributed by atoms with Gasteiger partial charge in [0.25, 0.3) is 0 Å². The Morgan fingerprint density at radius 3 is 2.05 bits per heavy atom. The van der Waals surface area contributed by atoms with E-state index in [2.05, 4.69) is 24.4 Å². The molecule has 114 valence electrons. The minimum absolute atomic E-state index is 0.0486. The topological polar surface area (TPSA) is 24.4 Å². The van der Waals surface area contributed by atoms with E-state index in [0.717, 1.165) is 26.5 Å². The third kappa shape index (κ3) is 3.43. The fourth-order valence-corrected chi connectivity index (χ4v) is 3.45. The zero-order valence-corrected chi connectivity index (χ0v) is 14.4. The highest BCUT2D eigenvalue weighted by atomic mass is 35.5. The number of nitrogens with zero attached hydrogens (tertiary/aromatic N) is 1. The summed E-state index contributed by atoms with van der Waals surface area (Å²) in [5.74, 6) is 0.993. The summed E-state index contributed by atoms with van der Waals surface area (Å²) < 4.78 is 0. The van der Waals surface area contributed by atoms with Crippen molar-refractivity contribution in [3.63, 3.8) is 0 Å². The SMILES string of the molecule is CCSC1=NC(c2ccc(Cl)cc2)C(c2ccc(Cl)cc2)N1. The maximum atomic E-state index is 6.00. The Morgan fingerprint density at radius 1 is 0.955 bits per heavy atom. The number of rotatable bonds is 3. The van der Waals surface area contributed by atoms with Crippen LogP contribution in [-0.4, -0.2) is 10.9 Å². The first-order chi connectivity index (χ1) is 10.7. The van der Waals surface area contributed by atoms with E-state index in [1.807, 2.05) is 36.4 Å². The van der Waals surface area contributed by atoms with Crippen LogP contribution in [0.2, 0.25) is 10.0 Å². The molecule has 0 aliphatic carbocycles. The lowest BCUT2D eigenvalue weighted by Crippen LogP contribution is -2.22. The molecule has 1 aliphatic heterocycles. The lowest BCUT2D eigenvalue weighted by molar-refractivity contribution is 0.573. The molecule has 1 aliphatic rings. The molecule has 0 radical (unpaired) electrons. The summed E-state index contributed by atoms with van der Waals surface area (Å²) >= 11 is 13.7. The van der Waals surface area contributed by atoms with Gasteiger partial charge >= 0.3 is 0 Å². The predicted octanol–water partition coefficient (Wildman–Crippen LogP) is 5.49. The zero-order chi connectivity index (χ0) is 15.5. The molecule has 0 aromatic heterocycles. The zero-order valence-electron chi connectivity index (χ0n) is 12.1. The number of benzene rings is 2. The Labute approximate surface area is 144 Å². The molecular formula is C17H16Cl2N2S. The van der Waals surface area contributed by atoms with Crippen LogP contribution in [0.15, 0.2) is 53.5 Å². The van der Waals surface area contributed by atoms with Crippen molar-refractivity contribution in [2.24, 2.45) is 4.99 Å². The number of thioether (sulfide) groups is 1. The van der Waals surface area contributed by atoms with Crippen molar-refractivity contribution in [3.8, 4) is 0 Å². The van der Waals surface area contributed by atoms with E-state index in [9.17, 15) is 0 Å². The highest BCUT2D eigenvalue weighted by molar-refractivity contribution is 8.13. The quantitative estimate of drug-likeness (QED) is 0.791. The largest absolute Gasteiger partial charge is 0.356 e. The third-order valence-corrected chi connectivity index (χ3v) is 4.86. The van der Waals surface area contributed by atoms with Crippen molar-refractivity contribution < 1.29 is 0 Å². The third-order valence-electron chi connectivity index (χ3n) is 3.57. The molecule has 0 bridgehead atoms. The Hall–Kier alpha value is -1.16. The number of hydrogen-bond donors (Lipinski definition) is 1. The predicted molar refractivity (Wildman–Crippen MR) is 97.1 cm³/mol. The molecule has 0 saturated carbocycles. The van der Waals surface area contributed by atoms with Crippen LogP contribution in [0.3, 0.4) is 0 Å². The summed E-state index contributed by atoms with van der Waals surface area (Å²) in [4.78, 5) is 4.85. The van der Waals surface area contributed by atoms with Crippen LogP contribution in [-0.2, 0) is 0 Å². The molecule has 0 saturated heterocycles. The van der Waals surface area contributed by atoms with Gasteiger partial charge in [-0.2, -0.15) is 0 Å². The van der Waals surface area contributed by atoms with Gasteiger partial charge < -0.3 is 5.32 Å². The molecule has 3 rings (SSSR count). The molecule has 2 aromatic rings. The molecule has 2 atom stereocenters. The molecule has 2 unspecified atom stereocenters. The lowest BCUT2D eigenvalue weighted by atomic mass is 9.95. The number of halogens is 2. The van der Waals surface area contributed by atoms with E-state index >= 15 is 0 Å². The highest BCUT2D eigenvalue weighted by Crippen LogP contribution is 2.38. The Kier molecular flexibility index (Phi) is 4.97. The molecule has 5 heteroatoms. The van der Waals surface area contributed by atoms with Gasteiger partial charge in [-0.1, -0.05) is 66.2 Å². The minimum Gasteiger partial charge on any atom is -0.356 e. The number of aliphatic imine (C=N–C) groups is 1. The van der Waals surface area contributed by atoms with Gasteiger partial charge in [0.1, 0.15) is 6.04 Å². The Balaban J connectivity index is 1.93. The smallest absolute Gasteiger partial charge is 0.157 e. The molecule has 0 spiro atoms. The number of hydrogen-bond acceptors (Lipinski definition) is 3. The number of amidine groups is 1. The van der Waals surface area contributed by atoms with Gasteiger partial charge in [0.2, 0.25) is 0 Å². The van der Waals surface area contributed by atoms with Gasteiger partial charge in [0.15, 0.2) is 5.17 Å². The molecule has 0 amide bonds. The van der Waals surface area contributed by atoms with Crippen molar-refractivity contribution in [1.82, 2.24) is 5.32 Å². The second-order valence-corrected chi connectivity index (χ2v) is 7.16. The van der Waals surface area contributed by atoms with Crippen LogP contribution in [0.1, 0.15) is 30.1 Å². The fraction of sp³-hybridized carbons (Fsp3) is 0.235. The average molecular weight is 351 g/mol. The Morgan fingerprint density at radius 2 is 1.50 bits per heavy atom. The number of nitrogens with one attached hydrogen (secondary N) is 1. The molecule has 2 nitrogen and oxygen atoms in total. The summed E-state index contributed by atoms with van der Waals surface area (Å²) in [6, 6.07) is 16.0. The Bertz CT molecular complexity index is 668. The van der Waals surface area contributed by atoms with Crippen LogP contribution in [0.25, 0.3) is 0 Å². The molecule has 1 N–H and O–H groups in total. The van der Waals surface area contributed by atoms with Gasteiger partial charge in [-0.25, -0.2) is 0 Å². The molecule has 0 fully saturated rings. The van der Waals surface area contributed by atoms with Crippen molar-refractivity contribution in [3.05, 3.63) is 69.7 Å². The normalized spacial score (nSPS) is 20.6. The van der Waals surface area contributed by atoms with Crippen molar-refractivity contribution in [2.75, 3.05) is 5.75 Å². The molecular weight excluding hydrogens is 335 g/mol. The molecule has 1 heterocycles. The van der Waals surface area contributed by atoms with Gasteiger partial charge in [-0.15, -0.1) is 0 Å². The minimum atomic E-state index is 0.0486. The summed E-state index contributed by atoms with van der Waals surface area (Å²) in [5, 5.41) is 6.00. The first-order valence-corrected chi connectivity index (χ1v) is 8.89. The molecule has 22 heavy (non-hydrogen) atoms.